The Balaban J connectivity index is 0.00000264. The van der Waals surface area contributed by atoms with Crippen LogP contribution in [-0.2, 0) is 13.1 Å². The van der Waals surface area contributed by atoms with Crippen LogP contribution in [-0.4, -0.2) is 18.0 Å². The minimum Gasteiger partial charge on any atom is -0.352 e. The number of aliphatic imine (C=N–C) groups is 1. The summed E-state index contributed by atoms with van der Waals surface area (Å²) < 4.78 is 0. The molecular formula is C18H25IN4. The molecule has 0 saturated heterocycles. The van der Waals surface area contributed by atoms with E-state index in [2.05, 4.69) is 65.6 Å². The maximum absolute atomic E-state index is 4.38. The highest BCUT2D eigenvalue weighted by Crippen LogP contribution is 2.10. The number of aryl methyl sites for hydroxylation is 3. The molecule has 5 heteroatoms. The molecule has 124 valence electrons. The van der Waals surface area contributed by atoms with Crippen molar-refractivity contribution in [2.75, 3.05) is 7.05 Å². The van der Waals surface area contributed by atoms with Crippen molar-refractivity contribution in [3.63, 3.8) is 0 Å². The topological polar surface area (TPSA) is 49.3 Å². The third kappa shape index (κ3) is 5.82. The number of hydrogen-bond donors (Lipinski definition) is 2. The lowest BCUT2D eigenvalue weighted by Gasteiger charge is -2.14. The summed E-state index contributed by atoms with van der Waals surface area (Å²) in [6, 6.07) is 10.5. The summed E-state index contributed by atoms with van der Waals surface area (Å²) in [6.45, 7) is 7.74. The van der Waals surface area contributed by atoms with E-state index in [1.165, 1.54) is 22.3 Å². The Bertz CT molecular complexity index is 668. The molecule has 2 aromatic rings. The number of pyridine rings is 1. The largest absolute Gasteiger partial charge is 0.352 e. The van der Waals surface area contributed by atoms with Gasteiger partial charge in [-0.3, -0.25) is 9.98 Å². The van der Waals surface area contributed by atoms with E-state index in [-0.39, 0.29) is 24.0 Å². The molecule has 0 unspecified atom stereocenters. The van der Waals surface area contributed by atoms with Crippen molar-refractivity contribution >= 4 is 29.9 Å². The summed E-state index contributed by atoms with van der Waals surface area (Å²) in [7, 11) is 1.78. The minimum absolute atomic E-state index is 0. The average Bonchev–Trinajstić information content (AvgIpc) is 2.50. The Hall–Kier alpha value is -1.63. The smallest absolute Gasteiger partial charge is 0.191 e. The second kappa shape index (κ2) is 9.50. The second-order valence-electron chi connectivity index (χ2n) is 5.48. The van der Waals surface area contributed by atoms with Gasteiger partial charge in [0.15, 0.2) is 5.96 Å². The molecule has 0 fully saturated rings. The SMILES string of the molecule is CN=C(NCc1ccc(C)cc1C)NCc1ncccc1C.I. The third-order valence-corrected chi connectivity index (χ3v) is 3.71. The lowest BCUT2D eigenvalue weighted by atomic mass is 10.1. The first-order valence-electron chi connectivity index (χ1n) is 7.51. The number of nitrogens with zero attached hydrogens (tertiary/aromatic N) is 2. The van der Waals surface area contributed by atoms with Gasteiger partial charge in [0, 0.05) is 19.8 Å². The van der Waals surface area contributed by atoms with Crippen LogP contribution < -0.4 is 10.6 Å². The van der Waals surface area contributed by atoms with Gasteiger partial charge in [0.1, 0.15) is 0 Å². The van der Waals surface area contributed by atoms with Crippen molar-refractivity contribution in [1.29, 1.82) is 0 Å². The normalized spacial score (nSPS) is 10.9. The zero-order valence-electron chi connectivity index (χ0n) is 14.2. The predicted molar refractivity (Wildman–Crippen MR) is 107 cm³/mol. The van der Waals surface area contributed by atoms with Crippen LogP contribution in [0.5, 0.6) is 0 Å². The monoisotopic (exact) mass is 424 g/mol. The van der Waals surface area contributed by atoms with Crippen molar-refractivity contribution in [1.82, 2.24) is 15.6 Å². The van der Waals surface area contributed by atoms with Crippen LogP contribution in [0.2, 0.25) is 0 Å². The molecule has 1 aromatic heterocycles. The summed E-state index contributed by atoms with van der Waals surface area (Å²) in [6.07, 6.45) is 1.82. The number of benzene rings is 1. The average molecular weight is 424 g/mol. The molecule has 1 aromatic carbocycles. The van der Waals surface area contributed by atoms with Crippen LogP contribution in [0.1, 0.15) is 27.9 Å². The summed E-state index contributed by atoms with van der Waals surface area (Å²) in [4.78, 5) is 8.64. The van der Waals surface area contributed by atoms with Gasteiger partial charge in [0.25, 0.3) is 0 Å². The summed E-state index contributed by atoms with van der Waals surface area (Å²) >= 11 is 0. The number of halogens is 1. The maximum Gasteiger partial charge on any atom is 0.191 e. The molecule has 0 radical (unpaired) electrons. The van der Waals surface area contributed by atoms with Gasteiger partial charge in [-0.1, -0.05) is 29.8 Å². The van der Waals surface area contributed by atoms with Gasteiger partial charge in [0.2, 0.25) is 0 Å². The zero-order chi connectivity index (χ0) is 15.9. The fourth-order valence-corrected chi connectivity index (χ4v) is 2.31. The molecule has 0 atom stereocenters. The van der Waals surface area contributed by atoms with Crippen molar-refractivity contribution in [2.24, 2.45) is 4.99 Å². The van der Waals surface area contributed by atoms with Gasteiger partial charge >= 0.3 is 0 Å². The highest BCUT2D eigenvalue weighted by atomic mass is 127. The number of nitrogens with one attached hydrogen (secondary N) is 2. The van der Waals surface area contributed by atoms with Gasteiger partial charge in [-0.05, 0) is 43.5 Å². The van der Waals surface area contributed by atoms with E-state index in [1.54, 1.807) is 7.05 Å². The Morgan fingerprint density at radius 3 is 2.43 bits per heavy atom. The summed E-state index contributed by atoms with van der Waals surface area (Å²) in [5.41, 5.74) is 6.08. The Kier molecular flexibility index (Phi) is 8.02. The first-order chi connectivity index (χ1) is 10.6. The molecule has 0 saturated carbocycles. The van der Waals surface area contributed by atoms with E-state index in [0.29, 0.717) is 6.54 Å². The van der Waals surface area contributed by atoms with Crippen LogP contribution in [0, 0.1) is 20.8 Å². The highest BCUT2D eigenvalue weighted by Gasteiger charge is 2.03. The first-order valence-corrected chi connectivity index (χ1v) is 7.51. The molecule has 2 N–H and O–H groups in total. The maximum atomic E-state index is 4.38. The number of rotatable bonds is 4. The van der Waals surface area contributed by atoms with Gasteiger partial charge in [-0.2, -0.15) is 0 Å². The number of aromatic nitrogens is 1. The van der Waals surface area contributed by atoms with Crippen LogP contribution in [0.15, 0.2) is 41.5 Å². The fourth-order valence-electron chi connectivity index (χ4n) is 2.31. The van der Waals surface area contributed by atoms with E-state index < -0.39 is 0 Å². The van der Waals surface area contributed by atoms with Crippen molar-refractivity contribution in [3.05, 3.63) is 64.5 Å². The van der Waals surface area contributed by atoms with Gasteiger partial charge in [-0.15, -0.1) is 24.0 Å². The molecule has 23 heavy (non-hydrogen) atoms. The molecule has 0 bridgehead atoms. The Labute approximate surface area is 155 Å². The molecule has 0 aliphatic carbocycles. The van der Waals surface area contributed by atoms with Gasteiger partial charge in [0.05, 0.1) is 12.2 Å². The summed E-state index contributed by atoms with van der Waals surface area (Å²) in [5.74, 6) is 0.782. The number of hydrogen-bond acceptors (Lipinski definition) is 2. The van der Waals surface area contributed by atoms with Crippen molar-refractivity contribution in [3.8, 4) is 0 Å². The Morgan fingerprint density at radius 1 is 1.04 bits per heavy atom. The third-order valence-electron chi connectivity index (χ3n) is 3.71. The van der Waals surface area contributed by atoms with E-state index >= 15 is 0 Å². The predicted octanol–water partition coefficient (Wildman–Crippen LogP) is 3.49. The molecule has 0 amide bonds. The highest BCUT2D eigenvalue weighted by molar-refractivity contribution is 14.0. The van der Waals surface area contributed by atoms with Crippen molar-refractivity contribution < 1.29 is 0 Å². The van der Waals surface area contributed by atoms with E-state index in [1.807, 2.05) is 12.3 Å². The van der Waals surface area contributed by atoms with Crippen LogP contribution in [0.25, 0.3) is 0 Å². The van der Waals surface area contributed by atoms with Crippen molar-refractivity contribution in [2.45, 2.75) is 33.9 Å². The van der Waals surface area contributed by atoms with Crippen LogP contribution in [0.3, 0.4) is 0 Å². The number of guanidine groups is 1. The van der Waals surface area contributed by atoms with Crippen LogP contribution in [0.4, 0.5) is 0 Å². The molecule has 0 aliphatic heterocycles. The minimum atomic E-state index is 0. The molecule has 1 heterocycles. The molecule has 0 spiro atoms. The van der Waals surface area contributed by atoms with E-state index in [4.69, 9.17) is 0 Å². The first kappa shape index (κ1) is 19.4. The van der Waals surface area contributed by atoms with E-state index in [0.717, 1.165) is 18.2 Å². The fraction of sp³-hybridized carbons (Fsp3) is 0.333. The Morgan fingerprint density at radius 2 is 1.78 bits per heavy atom. The zero-order valence-corrected chi connectivity index (χ0v) is 16.5. The molecule has 0 aliphatic rings. The second-order valence-corrected chi connectivity index (χ2v) is 5.48. The van der Waals surface area contributed by atoms with Gasteiger partial charge in [-0.25, -0.2) is 0 Å². The molecular weight excluding hydrogens is 399 g/mol. The molecule has 2 rings (SSSR count). The summed E-state index contributed by atoms with van der Waals surface area (Å²) in [5, 5.41) is 6.65. The van der Waals surface area contributed by atoms with Gasteiger partial charge < -0.3 is 10.6 Å². The standard InChI is InChI=1S/C18H24N4.HI/c1-13-7-8-16(15(3)10-13)11-21-18(19-4)22-12-17-14(2)6-5-9-20-17;/h5-10H,11-12H2,1-4H3,(H2,19,21,22);1H. The lowest BCUT2D eigenvalue weighted by molar-refractivity contribution is 0.787. The van der Waals surface area contributed by atoms with E-state index in [9.17, 15) is 0 Å². The lowest BCUT2D eigenvalue weighted by Crippen LogP contribution is -2.36. The van der Waals surface area contributed by atoms with Crippen LogP contribution >= 0.6 is 24.0 Å². The quantitative estimate of drug-likeness (QED) is 0.449. The molecule has 4 nitrogen and oxygen atoms in total.